The first-order chi connectivity index (χ1) is 7.08. The van der Waals surface area contributed by atoms with Gasteiger partial charge in [-0.3, -0.25) is 10.1 Å². The van der Waals surface area contributed by atoms with Gasteiger partial charge in [0.25, 0.3) is 5.69 Å². The molecule has 0 unspecified atom stereocenters. The Morgan fingerprint density at radius 3 is 2.62 bits per heavy atom. The molecule has 0 aliphatic heterocycles. The fourth-order valence-corrected chi connectivity index (χ4v) is 2.13. The minimum absolute atomic E-state index is 0. The van der Waals surface area contributed by atoms with Gasteiger partial charge in [-0.15, -0.1) is 11.3 Å². The Hall–Kier alpha value is -0.950. The van der Waals surface area contributed by atoms with Crippen LogP contribution in [0, 0.1) is 10.1 Å². The quantitative estimate of drug-likeness (QED) is 0.500. The van der Waals surface area contributed by atoms with Crippen LogP contribution in [0.3, 0.4) is 0 Å². The summed E-state index contributed by atoms with van der Waals surface area (Å²) in [6.07, 6.45) is 0. The van der Waals surface area contributed by atoms with Crippen LogP contribution in [-0.4, -0.2) is 45.6 Å². The Labute approximate surface area is 116 Å². The zero-order valence-electron chi connectivity index (χ0n) is 8.34. The van der Waals surface area contributed by atoms with Crippen molar-refractivity contribution in [3.05, 3.63) is 39.3 Å². The van der Waals surface area contributed by atoms with Gasteiger partial charge in [-0.25, -0.2) is 4.79 Å². The molecule has 0 saturated carbocycles. The van der Waals surface area contributed by atoms with E-state index >= 15 is 0 Å². The number of carboxylic acids is 1. The second kappa shape index (κ2) is 4.92. The maximum atomic E-state index is 10.7. The summed E-state index contributed by atoms with van der Waals surface area (Å²) < 4.78 is 0.734. The van der Waals surface area contributed by atoms with Crippen molar-refractivity contribution >= 4 is 62.6 Å². The second-order valence-electron chi connectivity index (χ2n) is 2.90. The summed E-state index contributed by atoms with van der Waals surface area (Å²) in [5.74, 6) is -1.01. The Morgan fingerprint density at radius 1 is 1.38 bits per heavy atom. The van der Waals surface area contributed by atoms with E-state index in [1.807, 2.05) is 0 Å². The molecule has 1 heterocycles. The number of non-ortho nitro benzene ring substituents is 1. The fraction of sp³-hybridized carbons (Fsp3) is 0. The van der Waals surface area contributed by atoms with E-state index in [4.69, 9.17) is 5.11 Å². The van der Waals surface area contributed by atoms with Crippen LogP contribution in [0.25, 0.3) is 10.1 Å². The van der Waals surface area contributed by atoms with Gasteiger partial charge in [-0.1, -0.05) is 0 Å². The molecule has 16 heavy (non-hydrogen) atoms. The summed E-state index contributed by atoms with van der Waals surface area (Å²) >= 11 is 1.10. The Bertz CT molecular complexity index is 554. The van der Waals surface area contributed by atoms with Gasteiger partial charge in [-0.05, 0) is 12.1 Å². The Kier molecular flexibility index (Phi) is 4.03. The van der Waals surface area contributed by atoms with Gasteiger partial charge >= 0.3 is 5.97 Å². The third-order valence-electron chi connectivity index (χ3n) is 1.92. The minimum atomic E-state index is -1.01. The molecule has 2 aromatic rings. The maximum Gasteiger partial charge on any atom is 0.345 e. The van der Waals surface area contributed by atoms with Crippen LogP contribution >= 0.6 is 11.3 Å². The average Bonchev–Trinajstić information content (AvgIpc) is 2.59. The molecule has 2 rings (SSSR count). The van der Waals surface area contributed by atoms with Crippen molar-refractivity contribution in [2.75, 3.05) is 0 Å². The molecule has 1 radical (unpaired) electrons. The monoisotopic (exact) mass is 246 g/mol. The van der Waals surface area contributed by atoms with Gasteiger partial charge in [0, 0.05) is 51.8 Å². The van der Waals surface area contributed by atoms with E-state index in [1.165, 1.54) is 18.2 Å². The molecule has 1 aromatic carbocycles. The molecule has 1 N–H and O–H groups in total. The van der Waals surface area contributed by atoms with E-state index < -0.39 is 10.9 Å². The first-order valence-electron chi connectivity index (χ1n) is 3.99. The third-order valence-corrected chi connectivity index (χ3v) is 3.03. The smallest absolute Gasteiger partial charge is 0.345 e. The predicted molar refractivity (Wildman–Crippen MR) is 61.2 cm³/mol. The third kappa shape index (κ3) is 2.41. The van der Waals surface area contributed by atoms with Crippen LogP contribution < -0.4 is 0 Å². The summed E-state index contributed by atoms with van der Waals surface area (Å²) in [6, 6.07) is 5.74. The summed E-state index contributed by atoms with van der Waals surface area (Å²) in [4.78, 5) is 20.8. The number of thiophene rings is 1. The number of rotatable bonds is 2. The van der Waals surface area contributed by atoms with E-state index in [0.717, 1.165) is 16.0 Å². The summed E-state index contributed by atoms with van der Waals surface area (Å²) in [5, 5.41) is 19.8. The molecule has 0 amide bonds. The zero-order chi connectivity index (χ0) is 11.0. The molecule has 5 nitrogen and oxygen atoms in total. The van der Waals surface area contributed by atoms with Gasteiger partial charge in [0.1, 0.15) is 4.88 Å². The average molecular weight is 246 g/mol. The first-order valence-corrected chi connectivity index (χ1v) is 4.81. The molecule has 77 valence electrons. The normalized spacial score (nSPS) is 9.75. The molecule has 7 heteroatoms. The van der Waals surface area contributed by atoms with Crippen LogP contribution in [-0.2, 0) is 0 Å². The molecule has 1 aromatic heterocycles. The number of carbonyl (C=O) groups is 1. The summed E-state index contributed by atoms with van der Waals surface area (Å²) in [7, 11) is 0. The van der Waals surface area contributed by atoms with Crippen LogP contribution in [0.1, 0.15) is 9.67 Å². The van der Waals surface area contributed by atoms with E-state index in [2.05, 4.69) is 0 Å². The molecule has 0 atom stereocenters. The van der Waals surface area contributed by atoms with E-state index in [9.17, 15) is 14.9 Å². The van der Waals surface area contributed by atoms with Gasteiger partial charge in [0.2, 0.25) is 0 Å². The van der Waals surface area contributed by atoms with Gasteiger partial charge in [-0.2, -0.15) is 0 Å². The molecule has 0 spiro atoms. The number of hydrogen-bond acceptors (Lipinski definition) is 4. The van der Waals surface area contributed by atoms with Crippen molar-refractivity contribution in [3.63, 3.8) is 0 Å². The molecule has 0 fully saturated rings. The SMILES string of the molecule is O=C(O)c1cc2cc([N+](=O)[O-])ccc2s1.[Na]. The molecule has 0 bridgehead atoms. The largest absolute Gasteiger partial charge is 0.477 e. The van der Waals surface area contributed by atoms with Crippen molar-refractivity contribution in [2.24, 2.45) is 0 Å². The molecule has 0 aliphatic carbocycles. The zero-order valence-corrected chi connectivity index (χ0v) is 11.2. The van der Waals surface area contributed by atoms with Crippen molar-refractivity contribution in [2.45, 2.75) is 0 Å². The Morgan fingerprint density at radius 2 is 2.06 bits per heavy atom. The molecular weight excluding hydrogens is 241 g/mol. The topological polar surface area (TPSA) is 80.4 Å². The number of fused-ring (bicyclic) bond motifs is 1. The number of hydrogen-bond donors (Lipinski definition) is 1. The van der Waals surface area contributed by atoms with E-state index in [-0.39, 0.29) is 40.1 Å². The van der Waals surface area contributed by atoms with Gasteiger partial charge < -0.3 is 5.11 Å². The van der Waals surface area contributed by atoms with Gasteiger partial charge in [0.15, 0.2) is 0 Å². The number of nitrogens with zero attached hydrogens (tertiary/aromatic N) is 1. The van der Waals surface area contributed by atoms with Crippen molar-refractivity contribution in [1.29, 1.82) is 0 Å². The van der Waals surface area contributed by atoms with E-state index in [0.29, 0.717) is 5.39 Å². The van der Waals surface area contributed by atoms with E-state index in [1.54, 1.807) is 6.07 Å². The number of nitro groups is 1. The molecular formula is C9H5NNaO4S. The standard InChI is InChI=1S/C9H5NO4S.Na/c11-9(12)8-4-5-3-6(10(13)14)1-2-7(5)15-8;/h1-4H,(H,11,12);. The maximum absolute atomic E-state index is 10.7. The van der Waals surface area contributed by atoms with Crippen LogP contribution in [0.4, 0.5) is 5.69 Å². The first kappa shape index (κ1) is 13.1. The Balaban J connectivity index is 0.00000128. The number of carboxylic acid groups (broad SMARTS) is 1. The van der Waals surface area contributed by atoms with Gasteiger partial charge in [0.05, 0.1) is 4.92 Å². The number of nitro benzene ring substituents is 1. The van der Waals surface area contributed by atoms with Crippen molar-refractivity contribution in [3.8, 4) is 0 Å². The van der Waals surface area contributed by atoms with Crippen molar-refractivity contribution in [1.82, 2.24) is 0 Å². The molecule has 0 aliphatic rings. The number of benzene rings is 1. The second-order valence-corrected chi connectivity index (χ2v) is 3.98. The predicted octanol–water partition coefficient (Wildman–Crippen LogP) is 2.13. The van der Waals surface area contributed by atoms with Crippen molar-refractivity contribution < 1.29 is 14.8 Å². The fourth-order valence-electron chi connectivity index (χ4n) is 1.25. The molecule has 0 saturated heterocycles. The minimum Gasteiger partial charge on any atom is -0.477 e. The summed E-state index contributed by atoms with van der Waals surface area (Å²) in [6.45, 7) is 0. The number of aromatic carboxylic acids is 1. The summed E-state index contributed by atoms with van der Waals surface area (Å²) in [5.41, 5.74) is -0.0303. The van der Waals surface area contributed by atoms with Crippen LogP contribution in [0.15, 0.2) is 24.3 Å². The van der Waals surface area contributed by atoms with Crippen LogP contribution in [0.5, 0.6) is 0 Å². The van der Waals surface area contributed by atoms with Crippen LogP contribution in [0.2, 0.25) is 0 Å².